The summed E-state index contributed by atoms with van der Waals surface area (Å²) in [4.78, 5) is 20.4. The molecule has 4 aromatic rings. The van der Waals surface area contributed by atoms with Gasteiger partial charge in [-0.25, -0.2) is 9.97 Å². The van der Waals surface area contributed by atoms with Crippen LogP contribution in [0.25, 0.3) is 21.7 Å². The summed E-state index contributed by atoms with van der Waals surface area (Å²) in [7, 11) is 0. The molecule has 1 N–H and O–H groups in total. The number of benzene rings is 2. The number of aliphatic carboxylic acids is 1. The number of aromatic nitrogens is 2. The molecule has 0 fully saturated rings. The lowest BCUT2D eigenvalue weighted by atomic mass is 10.1. The maximum absolute atomic E-state index is 12.8. The van der Waals surface area contributed by atoms with Gasteiger partial charge in [-0.05, 0) is 31.2 Å². The van der Waals surface area contributed by atoms with E-state index in [-0.39, 0.29) is 19.4 Å². The summed E-state index contributed by atoms with van der Waals surface area (Å²) in [6.45, 7) is 2.00. The van der Waals surface area contributed by atoms with Crippen molar-refractivity contribution < 1.29 is 32.2 Å². The highest BCUT2D eigenvalue weighted by Crippen LogP contribution is 2.34. The molecule has 0 unspecified atom stereocenters. The van der Waals surface area contributed by atoms with Gasteiger partial charge >= 0.3 is 12.1 Å². The number of thiazole rings is 1. The molecule has 166 valence electrons. The first-order valence-electron chi connectivity index (χ1n) is 9.57. The largest absolute Gasteiger partial charge is 0.486 e. The third-order valence-electron chi connectivity index (χ3n) is 4.69. The van der Waals surface area contributed by atoms with Gasteiger partial charge in [-0.1, -0.05) is 18.2 Å². The van der Waals surface area contributed by atoms with Crippen LogP contribution < -0.4 is 4.74 Å². The van der Waals surface area contributed by atoms with E-state index in [0.29, 0.717) is 33.3 Å². The summed E-state index contributed by atoms with van der Waals surface area (Å²) in [5.41, 5.74) is 1.60. The van der Waals surface area contributed by atoms with Crippen molar-refractivity contribution in [3.05, 3.63) is 64.5 Å². The molecule has 4 rings (SSSR count). The first kappa shape index (κ1) is 21.8. The van der Waals surface area contributed by atoms with Crippen molar-refractivity contribution in [1.82, 2.24) is 9.97 Å². The van der Waals surface area contributed by atoms with E-state index in [2.05, 4.69) is 9.97 Å². The summed E-state index contributed by atoms with van der Waals surface area (Å²) in [6, 6.07) is 10.1. The van der Waals surface area contributed by atoms with Crippen molar-refractivity contribution in [2.24, 2.45) is 0 Å². The number of alkyl halides is 3. The second-order valence-electron chi connectivity index (χ2n) is 7.00. The van der Waals surface area contributed by atoms with Crippen LogP contribution in [0.2, 0.25) is 0 Å². The fraction of sp³-hybridized carbons (Fsp3) is 0.227. The van der Waals surface area contributed by atoms with Crippen LogP contribution in [-0.4, -0.2) is 21.0 Å². The first-order valence-corrected chi connectivity index (χ1v) is 10.4. The fourth-order valence-electron chi connectivity index (χ4n) is 3.04. The number of aryl methyl sites for hydroxylation is 2. The average Bonchev–Trinajstić information content (AvgIpc) is 3.33. The Labute approximate surface area is 184 Å². The Balaban J connectivity index is 1.50. The molecule has 0 atom stereocenters. The maximum atomic E-state index is 12.8. The molecule has 0 spiro atoms. The quantitative estimate of drug-likeness (QED) is 0.369. The van der Waals surface area contributed by atoms with Gasteiger partial charge in [-0.3, -0.25) is 4.79 Å². The number of hydrogen-bond acceptors (Lipinski definition) is 6. The van der Waals surface area contributed by atoms with Crippen LogP contribution in [0.3, 0.4) is 0 Å². The molecule has 0 saturated heterocycles. The number of carboxylic acids is 1. The van der Waals surface area contributed by atoms with Crippen LogP contribution in [0.4, 0.5) is 13.2 Å². The predicted molar refractivity (Wildman–Crippen MR) is 112 cm³/mol. The molecule has 2 heterocycles. The van der Waals surface area contributed by atoms with Crippen molar-refractivity contribution in [1.29, 1.82) is 0 Å². The van der Waals surface area contributed by atoms with Crippen LogP contribution in [0, 0.1) is 6.92 Å². The van der Waals surface area contributed by atoms with E-state index >= 15 is 0 Å². The van der Waals surface area contributed by atoms with Crippen LogP contribution in [0.1, 0.15) is 28.4 Å². The molecule has 32 heavy (non-hydrogen) atoms. The SMILES string of the molecule is Cc1nc(-c2ccc(C(F)(F)F)cc2)sc1COc1cccc2oc(CCC(=O)O)nc12. The van der Waals surface area contributed by atoms with Crippen LogP contribution >= 0.6 is 11.3 Å². The van der Waals surface area contributed by atoms with E-state index in [0.717, 1.165) is 22.7 Å². The molecule has 0 radical (unpaired) electrons. The maximum Gasteiger partial charge on any atom is 0.416 e. The van der Waals surface area contributed by atoms with Gasteiger partial charge < -0.3 is 14.3 Å². The lowest BCUT2D eigenvalue weighted by Crippen LogP contribution is -2.03. The van der Waals surface area contributed by atoms with E-state index in [9.17, 15) is 18.0 Å². The number of carbonyl (C=O) groups is 1. The highest BCUT2D eigenvalue weighted by molar-refractivity contribution is 7.15. The first-order chi connectivity index (χ1) is 15.2. The fourth-order valence-corrected chi connectivity index (χ4v) is 4.02. The molecule has 0 aliphatic heterocycles. The van der Waals surface area contributed by atoms with E-state index in [1.54, 1.807) is 18.2 Å². The number of hydrogen-bond donors (Lipinski definition) is 1. The number of nitrogens with zero attached hydrogens (tertiary/aromatic N) is 2. The minimum Gasteiger partial charge on any atom is -0.486 e. The Bertz CT molecular complexity index is 1260. The van der Waals surface area contributed by atoms with E-state index < -0.39 is 17.7 Å². The zero-order chi connectivity index (χ0) is 22.9. The minimum absolute atomic E-state index is 0.0875. The molecule has 0 saturated carbocycles. The van der Waals surface area contributed by atoms with Crippen molar-refractivity contribution in [3.8, 4) is 16.3 Å². The molecule has 0 amide bonds. The Hall–Kier alpha value is -3.40. The monoisotopic (exact) mass is 462 g/mol. The zero-order valence-corrected chi connectivity index (χ0v) is 17.6. The molecular formula is C22H17F3N2O4S. The van der Waals surface area contributed by atoms with Gasteiger partial charge in [0.05, 0.1) is 22.6 Å². The predicted octanol–water partition coefficient (Wildman–Crippen LogP) is 5.87. The van der Waals surface area contributed by atoms with Gasteiger partial charge in [-0.15, -0.1) is 11.3 Å². The number of carboxylic acid groups (broad SMARTS) is 1. The Morgan fingerprint density at radius 3 is 2.59 bits per heavy atom. The van der Waals surface area contributed by atoms with Crippen LogP contribution in [0.15, 0.2) is 46.9 Å². The van der Waals surface area contributed by atoms with Crippen molar-refractivity contribution >= 4 is 28.4 Å². The number of ether oxygens (including phenoxy) is 1. The van der Waals surface area contributed by atoms with E-state index in [4.69, 9.17) is 14.3 Å². The molecule has 0 aliphatic carbocycles. The molecule has 6 nitrogen and oxygen atoms in total. The lowest BCUT2D eigenvalue weighted by Gasteiger charge is -2.06. The summed E-state index contributed by atoms with van der Waals surface area (Å²) in [5.74, 6) is -0.137. The molecule has 0 bridgehead atoms. The van der Waals surface area contributed by atoms with Crippen LogP contribution in [-0.2, 0) is 24.0 Å². The highest BCUT2D eigenvalue weighted by Gasteiger charge is 2.30. The molecule has 0 aliphatic rings. The molecule has 2 aromatic heterocycles. The van der Waals surface area contributed by atoms with Gasteiger partial charge in [0, 0.05) is 12.0 Å². The van der Waals surface area contributed by atoms with Gasteiger partial charge in [0.1, 0.15) is 17.4 Å². The third-order valence-corrected chi connectivity index (χ3v) is 5.87. The number of para-hydroxylation sites is 1. The van der Waals surface area contributed by atoms with Gasteiger partial charge in [-0.2, -0.15) is 13.2 Å². The highest BCUT2D eigenvalue weighted by atomic mass is 32.1. The Kier molecular flexibility index (Phi) is 5.88. The van der Waals surface area contributed by atoms with Crippen molar-refractivity contribution in [3.63, 3.8) is 0 Å². The molecular weight excluding hydrogens is 445 g/mol. The molecule has 2 aromatic carbocycles. The minimum atomic E-state index is -4.38. The topological polar surface area (TPSA) is 85.5 Å². The molecule has 10 heteroatoms. The standard InChI is InChI=1S/C22H17F3N2O4S/c1-12-17(32-21(26-12)13-5-7-14(8-6-13)22(23,24)25)11-30-15-3-2-4-16-20(15)27-18(31-16)9-10-19(28)29/h2-8H,9-11H2,1H3,(H,28,29). The van der Waals surface area contributed by atoms with Gasteiger partial charge in [0.15, 0.2) is 17.0 Å². The summed E-state index contributed by atoms with van der Waals surface area (Å²) < 4.78 is 49.8. The number of halogens is 3. The second kappa shape index (κ2) is 8.62. The normalized spacial score (nSPS) is 11.8. The summed E-state index contributed by atoms with van der Waals surface area (Å²) >= 11 is 1.34. The third kappa shape index (κ3) is 4.75. The Morgan fingerprint density at radius 1 is 1.16 bits per heavy atom. The number of oxazole rings is 1. The van der Waals surface area contributed by atoms with Gasteiger partial charge in [0.25, 0.3) is 0 Å². The average molecular weight is 462 g/mol. The summed E-state index contributed by atoms with van der Waals surface area (Å²) in [5, 5.41) is 9.43. The summed E-state index contributed by atoms with van der Waals surface area (Å²) in [6.07, 6.45) is -4.30. The number of fused-ring (bicyclic) bond motifs is 1. The Morgan fingerprint density at radius 2 is 1.91 bits per heavy atom. The van der Waals surface area contributed by atoms with E-state index in [1.165, 1.54) is 23.5 Å². The second-order valence-corrected chi connectivity index (χ2v) is 8.08. The van der Waals surface area contributed by atoms with E-state index in [1.807, 2.05) is 6.92 Å². The number of rotatable bonds is 7. The zero-order valence-electron chi connectivity index (χ0n) is 16.8. The van der Waals surface area contributed by atoms with Crippen molar-refractivity contribution in [2.75, 3.05) is 0 Å². The van der Waals surface area contributed by atoms with Crippen molar-refractivity contribution in [2.45, 2.75) is 32.5 Å². The lowest BCUT2D eigenvalue weighted by molar-refractivity contribution is -0.138. The van der Waals surface area contributed by atoms with Crippen LogP contribution in [0.5, 0.6) is 5.75 Å². The van der Waals surface area contributed by atoms with Gasteiger partial charge in [0.2, 0.25) is 0 Å². The smallest absolute Gasteiger partial charge is 0.416 e.